The third kappa shape index (κ3) is 2.02. The zero-order valence-electron chi connectivity index (χ0n) is 12.1. The van der Waals surface area contributed by atoms with Gasteiger partial charge < -0.3 is 0 Å². The second kappa shape index (κ2) is 5.25. The Kier molecular flexibility index (Phi) is 3.18. The van der Waals surface area contributed by atoms with Crippen LogP contribution >= 0.6 is 15.9 Å². The summed E-state index contributed by atoms with van der Waals surface area (Å²) in [5.41, 5.74) is 2.10. The van der Waals surface area contributed by atoms with E-state index in [1.54, 1.807) is 24.3 Å². The van der Waals surface area contributed by atoms with Crippen molar-refractivity contribution in [2.75, 3.05) is 0 Å². The van der Waals surface area contributed by atoms with Gasteiger partial charge in [-0.1, -0.05) is 12.1 Å². The predicted molar refractivity (Wildman–Crippen MR) is 86.9 cm³/mol. The summed E-state index contributed by atoms with van der Waals surface area (Å²) in [5, 5.41) is 16.2. The number of halogens is 1. The van der Waals surface area contributed by atoms with Crippen LogP contribution in [0, 0.1) is 11.3 Å². The van der Waals surface area contributed by atoms with Crippen molar-refractivity contribution in [3.63, 3.8) is 0 Å². The Morgan fingerprint density at radius 3 is 2.92 bits per heavy atom. The molecule has 0 fully saturated rings. The van der Waals surface area contributed by atoms with Gasteiger partial charge in [0.05, 0.1) is 34.7 Å². The molecule has 0 aliphatic carbocycles. The van der Waals surface area contributed by atoms with E-state index in [1.165, 1.54) is 6.20 Å². The molecule has 1 aliphatic heterocycles. The van der Waals surface area contributed by atoms with Crippen LogP contribution in [0.1, 0.15) is 31.8 Å². The number of nitrogens with one attached hydrogen (secondary N) is 1. The van der Waals surface area contributed by atoms with E-state index >= 15 is 0 Å². The standard InChI is InChI=1S/C16H8BrN5O2/c17-13-12-11-10(6-19-14(12)21-20-13)15(23)22(16(11)24)7-9-3-1-2-8(4-9)5-18/h1-4,6H,7H2,(H,19,20,21). The number of hydrogen-bond acceptors (Lipinski definition) is 5. The van der Waals surface area contributed by atoms with E-state index < -0.39 is 11.8 Å². The fraction of sp³-hybridized carbons (Fsp3) is 0.0625. The van der Waals surface area contributed by atoms with Gasteiger partial charge in [0.15, 0.2) is 5.65 Å². The van der Waals surface area contributed by atoms with E-state index in [2.05, 4.69) is 31.1 Å². The van der Waals surface area contributed by atoms with Gasteiger partial charge in [-0.25, -0.2) is 4.98 Å². The van der Waals surface area contributed by atoms with Crippen LogP contribution in [0.3, 0.4) is 0 Å². The fourth-order valence-corrected chi connectivity index (χ4v) is 3.24. The molecular formula is C16H8BrN5O2. The number of benzene rings is 1. The quantitative estimate of drug-likeness (QED) is 0.686. The van der Waals surface area contributed by atoms with Crippen LogP contribution in [0.4, 0.5) is 0 Å². The topological polar surface area (TPSA) is 103 Å². The molecule has 0 saturated carbocycles. The first-order chi connectivity index (χ1) is 11.6. The first-order valence-electron chi connectivity index (χ1n) is 6.98. The largest absolute Gasteiger partial charge is 0.270 e. The lowest BCUT2D eigenvalue weighted by Crippen LogP contribution is -2.29. The Hall–Kier alpha value is -3.05. The second-order valence-corrected chi connectivity index (χ2v) is 6.08. The third-order valence-electron chi connectivity index (χ3n) is 3.87. The normalized spacial score (nSPS) is 13.4. The zero-order valence-corrected chi connectivity index (χ0v) is 13.7. The molecule has 0 unspecified atom stereocenters. The number of carbonyl (C=O) groups excluding carboxylic acids is 2. The number of nitriles is 1. The highest BCUT2D eigenvalue weighted by Gasteiger charge is 2.38. The molecule has 0 atom stereocenters. The van der Waals surface area contributed by atoms with Crippen molar-refractivity contribution < 1.29 is 9.59 Å². The zero-order chi connectivity index (χ0) is 16.8. The van der Waals surface area contributed by atoms with Gasteiger partial charge in [0.1, 0.15) is 4.60 Å². The van der Waals surface area contributed by atoms with E-state index in [1.807, 2.05) is 6.07 Å². The Morgan fingerprint density at radius 1 is 1.29 bits per heavy atom. The molecular weight excluding hydrogens is 374 g/mol. The smallest absolute Gasteiger partial charge is 0.263 e. The molecule has 0 saturated heterocycles. The van der Waals surface area contributed by atoms with Crippen LogP contribution in [0.15, 0.2) is 35.1 Å². The Bertz CT molecular complexity index is 1070. The summed E-state index contributed by atoms with van der Waals surface area (Å²) in [6.45, 7) is 0.0961. The van der Waals surface area contributed by atoms with E-state index in [0.29, 0.717) is 32.3 Å². The van der Waals surface area contributed by atoms with Crippen molar-refractivity contribution in [1.82, 2.24) is 20.1 Å². The molecule has 2 aromatic heterocycles. The maximum absolute atomic E-state index is 12.8. The number of rotatable bonds is 2. The number of H-pyrrole nitrogens is 1. The molecule has 116 valence electrons. The molecule has 1 aromatic carbocycles. The van der Waals surface area contributed by atoms with Crippen molar-refractivity contribution in [1.29, 1.82) is 5.26 Å². The maximum Gasteiger partial charge on any atom is 0.263 e. The minimum Gasteiger partial charge on any atom is -0.270 e. The summed E-state index contributed by atoms with van der Waals surface area (Å²) >= 11 is 3.30. The van der Waals surface area contributed by atoms with Crippen molar-refractivity contribution in [3.05, 3.63) is 57.3 Å². The number of amides is 2. The summed E-state index contributed by atoms with van der Waals surface area (Å²) in [5.74, 6) is -0.799. The van der Waals surface area contributed by atoms with Crippen LogP contribution in [-0.4, -0.2) is 31.9 Å². The summed E-state index contributed by atoms with van der Waals surface area (Å²) < 4.78 is 0.510. The number of aromatic nitrogens is 3. The van der Waals surface area contributed by atoms with Crippen molar-refractivity contribution in [2.45, 2.75) is 6.54 Å². The van der Waals surface area contributed by atoms with Crippen molar-refractivity contribution in [3.8, 4) is 6.07 Å². The molecule has 0 spiro atoms. The number of nitrogens with zero attached hydrogens (tertiary/aromatic N) is 4. The summed E-state index contributed by atoms with van der Waals surface area (Å²) in [6, 6.07) is 8.86. The van der Waals surface area contributed by atoms with Crippen LogP contribution in [0.5, 0.6) is 0 Å². The predicted octanol–water partition coefficient (Wildman–Crippen LogP) is 2.39. The Balaban J connectivity index is 1.78. The summed E-state index contributed by atoms with van der Waals surface area (Å²) in [7, 11) is 0. The van der Waals surface area contributed by atoms with Gasteiger partial charge in [-0.05, 0) is 33.6 Å². The summed E-state index contributed by atoms with van der Waals surface area (Å²) in [4.78, 5) is 30.6. The lowest BCUT2D eigenvalue weighted by atomic mass is 10.1. The van der Waals surface area contributed by atoms with E-state index in [0.717, 1.165) is 4.90 Å². The highest BCUT2D eigenvalue weighted by Crippen LogP contribution is 2.32. The average molecular weight is 382 g/mol. The minimum absolute atomic E-state index is 0.0961. The summed E-state index contributed by atoms with van der Waals surface area (Å²) in [6.07, 6.45) is 1.37. The van der Waals surface area contributed by atoms with Gasteiger partial charge in [-0.2, -0.15) is 10.4 Å². The molecule has 3 heterocycles. The number of fused-ring (bicyclic) bond motifs is 3. The first-order valence-corrected chi connectivity index (χ1v) is 7.77. The van der Waals surface area contributed by atoms with Gasteiger partial charge in [0.25, 0.3) is 11.8 Å². The van der Waals surface area contributed by atoms with Gasteiger partial charge in [0, 0.05) is 6.20 Å². The molecule has 3 aromatic rings. The van der Waals surface area contributed by atoms with Crippen LogP contribution in [-0.2, 0) is 6.54 Å². The minimum atomic E-state index is -0.403. The molecule has 1 N–H and O–H groups in total. The lowest BCUT2D eigenvalue weighted by Gasteiger charge is -2.13. The lowest BCUT2D eigenvalue weighted by molar-refractivity contribution is 0.0643. The fourth-order valence-electron chi connectivity index (χ4n) is 2.77. The van der Waals surface area contributed by atoms with Gasteiger partial charge in [-0.15, -0.1) is 0 Å². The Labute approximate surface area is 144 Å². The van der Waals surface area contributed by atoms with Crippen LogP contribution in [0.25, 0.3) is 11.0 Å². The monoisotopic (exact) mass is 381 g/mol. The molecule has 4 rings (SSSR count). The van der Waals surface area contributed by atoms with Crippen LogP contribution < -0.4 is 0 Å². The SMILES string of the molecule is N#Cc1cccc(CN2C(=O)c3cnc4n[nH]c(Br)c4c3C2=O)c1. The van der Waals surface area contributed by atoms with Gasteiger partial charge >= 0.3 is 0 Å². The second-order valence-electron chi connectivity index (χ2n) is 5.29. The Morgan fingerprint density at radius 2 is 2.12 bits per heavy atom. The molecule has 1 aliphatic rings. The van der Waals surface area contributed by atoms with Crippen LogP contribution in [0.2, 0.25) is 0 Å². The van der Waals surface area contributed by atoms with E-state index in [9.17, 15) is 9.59 Å². The molecule has 0 bridgehead atoms. The first kappa shape index (κ1) is 14.5. The van der Waals surface area contributed by atoms with E-state index in [-0.39, 0.29) is 12.1 Å². The number of pyridine rings is 1. The number of hydrogen-bond donors (Lipinski definition) is 1. The van der Waals surface area contributed by atoms with Gasteiger partial charge in [-0.3, -0.25) is 19.6 Å². The van der Waals surface area contributed by atoms with Gasteiger partial charge in [0.2, 0.25) is 0 Å². The number of carbonyl (C=O) groups is 2. The van der Waals surface area contributed by atoms with E-state index in [4.69, 9.17) is 5.26 Å². The highest BCUT2D eigenvalue weighted by atomic mass is 79.9. The van der Waals surface area contributed by atoms with Crippen molar-refractivity contribution in [2.24, 2.45) is 0 Å². The highest BCUT2D eigenvalue weighted by molar-refractivity contribution is 9.10. The van der Waals surface area contributed by atoms with Crippen molar-refractivity contribution >= 4 is 38.8 Å². The molecule has 2 amide bonds. The molecule has 0 radical (unpaired) electrons. The molecule has 8 heteroatoms. The molecule has 24 heavy (non-hydrogen) atoms. The third-order valence-corrected chi connectivity index (χ3v) is 4.44. The molecule has 7 nitrogen and oxygen atoms in total. The maximum atomic E-state index is 12.8. The number of imide groups is 1. The average Bonchev–Trinajstić information content (AvgIpc) is 3.09. The number of aromatic amines is 1.